The van der Waals surface area contributed by atoms with Crippen LogP contribution in [0.2, 0.25) is 0 Å². The predicted octanol–water partition coefficient (Wildman–Crippen LogP) is 4.27. The summed E-state index contributed by atoms with van der Waals surface area (Å²) in [6.45, 7) is 3.36. The first-order valence-electron chi connectivity index (χ1n) is 13.5. The number of phenols is 1. The topological polar surface area (TPSA) is 144 Å². The number of nitro groups is 1. The number of methoxy groups -OCH3 is 1. The number of Topliss-reactive ketones (excluding diaryl/α,β-unsaturated/α-hetero) is 1. The zero-order chi connectivity index (χ0) is 29.4. The summed E-state index contributed by atoms with van der Waals surface area (Å²) >= 11 is 0. The van der Waals surface area contributed by atoms with Crippen molar-refractivity contribution in [1.82, 2.24) is 0 Å². The highest BCUT2D eigenvalue weighted by atomic mass is 16.6. The molecule has 210 valence electrons. The summed E-state index contributed by atoms with van der Waals surface area (Å²) in [5, 5.41) is 22.2. The van der Waals surface area contributed by atoms with Crippen LogP contribution in [0.25, 0.3) is 0 Å². The number of imide groups is 1. The van der Waals surface area contributed by atoms with Gasteiger partial charge >= 0.3 is 0 Å². The van der Waals surface area contributed by atoms with E-state index in [-0.39, 0.29) is 41.5 Å². The number of fused-ring (bicyclic) bond motifs is 4. The van der Waals surface area contributed by atoms with Crippen LogP contribution in [-0.2, 0) is 19.2 Å². The number of amides is 2. The minimum Gasteiger partial charge on any atom is -0.508 e. The fourth-order valence-electron chi connectivity index (χ4n) is 7.68. The number of nitro benzene ring substituents is 1. The van der Waals surface area contributed by atoms with E-state index in [4.69, 9.17) is 4.74 Å². The van der Waals surface area contributed by atoms with Crippen LogP contribution < -0.4 is 9.64 Å². The molecule has 2 aromatic carbocycles. The molecule has 4 aliphatic rings. The molecule has 1 heterocycles. The summed E-state index contributed by atoms with van der Waals surface area (Å²) in [7, 11) is 1.46. The molecule has 10 nitrogen and oxygen atoms in total. The van der Waals surface area contributed by atoms with Crippen molar-refractivity contribution in [3.8, 4) is 11.5 Å². The van der Waals surface area contributed by atoms with Gasteiger partial charge in [0.15, 0.2) is 11.6 Å². The molecule has 1 saturated heterocycles. The molecule has 0 radical (unpaired) electrons. The van der Waals surface area contributed by atoms with E-state index >= 15 is 0 Å². The lowest BCUT2D eigenvalue weighted by molar-refractivity contribution is -0.384. The molecular weight excluding hydrogens is 528 g/mol. The summed E-state index contributed by atoms with van der Waals surface area (Å²) < 4.78 is 5.62. The first-order valence-corrected chi connectivity index (χ1v) is 13.5. The van der Waals surface area contributed by atoms with Gasteiger partial charge in [-0.1, -0.05) is 24.6 Å². The molecule has 1 aliphatic heterocycles. The van der Waals surface area contributed by atoms with Gasteiger partial charge in [-0.2, -0.15) is 0 Å². The number of non-ortho nitro benzene ring substituents is 1. The number of carbonyl (C=O) groups is 4. The van der Waals surface area contributed by atoms with Gasteiger partial charge in [-0.05, 0) is 61.6 Å². The van der Waals surface area contributed by atoms with Gasteiger partial charge in [0.1, 0.15) is 11.5 Å². The van der Waals surface area contributed by atoms with E-state index in [9.17, 15) is 34.4 Å². The van der Waals surface area contributed by atoms with Gasteiger partial charge in [-0.15, -0.1) is 0 Å². The van der Waals surface area contributed by atoms with Gasteiger partial charge in [-0.3, -0.25) is 34.2 Å². The van der Waals surface area contributed by atoms with E-state index in [0.29, 0.717) is 16.9 Å². The highest BCUT2D eigenvalue weighted by Gasteiger charge is 2.64. The van der Waals surface area contributed by atoms with E-state index in [0.717, 1.165) is 10.5 Å². The Hall–Kier alpha value is -4.60. The van der Waals surface area contributed by atoms with Crippen LogP contribution in [-0.4, -0.2) is 40.5 Å². The molecule has 2 aromatic rings. The number of ether oxygens (including phenoxy) is 1. The third-order valence-electron chi connectivity index (χ3n) is 9.51. The highest BCUT2D eigenvalue weighted by Crippen LogP contribution is 2.64. The maximum Gasteiger partial charge on any atom is 0.269 e. The smallest absolute Gasteiger partial charge is 0.269 e. The fraction of sp³-hybridized carbons (Fsp3) is 0.355. The molecule has 2 fully saturated rings. The zero-order valence-electron chi connectivity index (χ0n) is 22.7. The van der Waals surface area contributed by atoms with Crippen LogP contribution in [0.3, 0.4) is 0 Å². The fourth-order valence-corrected chi connectivity index (χ4v) is 7.68. The third-order valence-corrected chi connectivity index (χ3v) is 9.51. The number of rotatable bonds is 4. The molecule has 2 amide bonds. The van der Waals surface area contributed by atoms with Crippen LogP contribution in [0.1, 0.15) is 38.2 Å². The first kappa shape index (κ1) is 26.6. The Morgan fingerprint density at radius 1 is 1.05 bits per heavy atom. The second-order valence-electron chi connectivity index (χ2n) is 11.4. The highest BCUT2D eigenvalue weighted by molar-refractivity contribution is 6.22. The average Bonchev–Trinajstić information content (AvgIpc) is 3.21. The molecular formula is C31H28N2O8. The van der Waals surface area contributed by atoms with Crippen LogP contribution in [0.4, 0.5) is 11.4 Å². The number of ketones is 2. The minimum atomic E-state index is -1.25. The minimum absolute atomic E-state index is 0.0909. The van der Waals surface area contributed by atoms with Crippen molar-refractivity contribution in [2.24, 2.45) is 29.1 Å². The molecule has 0 aromatic heterocycles. The summed E-state index contributed by atoms with van der Waals surface area (Å²) in [5.41, 5.74) is 0.259. The van der Waals surface area contributed by atoms with Crippen molar-refractivity contribution in [2.45, 2.75) is 32.6 Å². The number of allylic oxidation sites excluding steroid dienone is 4. The van der Waals surface area contributed by atoms with E-state index in [1.165, 1.54) is 43.5 Å². The largest absolute Gasteiger partial charge is 0.508 e. The number of nitrogens with zero attached hydrogens (tertiary/aromatic N) is 2. The van der Waals surface area contributed by atoms with Gasteiger partial charge in [0, 0.05) is 29.5 Å². The van der Waals surface area contributed by atoms with Gasteiger partial charge in [-0.25, -0.2) is 0 Å². The number of hydrogen-bond donors (Lipinski definition) is 1. The Labute approximate surface area is 235 Å². The standard InChI is InChI=1S/C31H28N2O8/c1-15-13-23(35)21-14-20-18(27(31(21,2)28(15)36)26-22(34)5-4-6-24(26)41-3)11-12-19-25(20)30(38)32(29(19)37)16-7-9-17(10-8-16)33(39)40/h4-11,13,19-21,25,27,34H,12,14H2,1-3H3/t19-,20+,21-,25-,27+,31+/m0/s1. The molecule has 41 heavy (non-hydrogen) atoms. The van der Waals surface area contributed by atoms with Gasteiger partial charge in [0.25, 0.3) is 5.69 Å². The van der Waals surface area contributed by atoms with Gasteiger partial charge in [0.2, 0.25) is 11.8 Å². The van der Waals surface area contributed by atoms with Crippen molar-refractivity contribution in [1.29, 1.82) is 0 Å². The van der Waals surface area contributed by atoms with Crippen molar-refractivity contribution in [3.63, 3.8) is 0 Å². The Balaban J connectivity index is 1.50. The first-order chi connectivity index (χ1) is 19.5. The van der Waals surface area contributed by atoms with E-state index in [1.54, 1.807) is 26.0 Å². The number of aromatic hydroxyl groups is 1. The van der Waals surface area contributed by atoms with Gasteiger partial charge in [0.05, 0.1) is 35.0 Å². The number of carbonyl (C=O) groups excluding carboxylic acids is 4. The van der Waals surface area contributed by atoms with E-state index in [2.05, 4.69) is 0 Å². The van der Waals surface area contributed by atoms with Crippen LogP contribution in [0, 0.1) is 39.2 Å². The number of anilines is 1. The average molecular weight is 557 g/mol. The van der Waals surface area contributed by atoms with Crippen molar-refractivity contribution in [2.75, 3.05) is 12.0 Å². The Bertz CT molecular complexity index is 1610. The molecule has 0 unspecified atom stereocenters. The molecule has 10 heteroatoms. The molecule has 6 rings (SSSR count). The van der Waals surface area contributed by atoms with Crippen LogP contribution >= 0.6 is 0 Å². The molecule has 1 N–H and O–H groups in total. The Morgan fingerprint density at radius 3 is 2.41 bits per heavy atom. The molecule has 6 atom stereocenters. The van der Waals surface area contributed by atoms with E-state index < -0.39 is 51.7 Å². The number of hydrogen-bond acceptors (Lipinski definition) is 8. The lowest BCUT2D eigenvalue weighted by Crippen LogP contribution is -2.54. The van der Waals surface area contributed by atoms with Crippen molar-refractivity contribution in [3.05, 3.63) is 81.4 Å². The molecule has 0 bridgehead atoms. The number of phenolic OH excluding ortho intramolecular Hbond substituents is 1. The maximum atomic E-state index is 14.0. The maximum absolute atomic E-state index is 14.0. The van der Waals surface area contributed by atoms with Crippen LogP contribution in [0.5, 0.6) is 11.5 Å². The lowest BCUT2D eigenvalue weighted by atomic mass is 9.47. The lowest BCUT2D eigenvalue weighted by Gasteiger charge is -2.53. The van der Waals surface area contributed by atoms with E-state index in [1.807, 2.05) is 6.08 Å². The van der Waals surface area contributed by atoms with Crippen molar-refractivity contribution < 1.29 is 33.9 Å². The summed E-state index contributed by atoms with van der Waals surface area (Å²) in [4.78, 5) is 66.7. The molecule has 1 saturated carbocycles. The Kier molecular flexibility index (Phi) is 5.99. The Morgan fingerprint density at radius 2 is 1.76 bits per heavy atom. The molecule has 0 spiro atoms. The quantitative estimate of drug-likeness (QED) is 0.254. The SMILES string of the molecule is COc1cccc(O)c1[C@H]1C2=CC[C@@H]3C(=O)N(c4ccc([N+](=O)[O-])cc4)C(=O)[C@@H]3[C@@H]2C[C@H]2C(=O)C=C(C)C(=O)[C@@]12C. The summed E-state index contributed by atoms with van der Waals surface area (Å²) in [6, 6.07) is 10.1. The van der Waals surface area contributed by atoms with Crippen molar-refractivity contribution >= 4 is 34.8 Å². The summed E-state index contributed by atoms with van der Waals surface area (Å²) in [5.74, 6) is -4.62. The zero-order valence-corrected chi connectivity index (χ0v) is 22.7. The number of benzene rings is 2. The normalized spacial score (nSPS) is 30.7. The summed E-state index contributed by atoms with van der Waals surface area (Å²) in [6.07, 6.45) is 3.67. The predicted molar refractivity (Wildman–Crippen MR) is 146 cm³/mol. The molecule has 3 aliphatic carbocycles. The van der Waals surface area contributed by atoms with Crippen LogP contribution in [0.15, 0.2) is 65.8 Å². The second-order valence-corrected chi connectivity index (χ2v) is 11.4. The third kappa shape index (κ3) is 3.62. The van der Waals surface area contributed by atoms with Gasteiger partial charge < -0.3 is 9.84 Å². The monoisotopic (exact) mass is 556 g/mol. The second kappa shape index (κ2) is 9.22.